The summed E-state index contributed by atoms with van der Waals surface area (Å²) in [6, 6.07) is 4.02. The molecule has 5 rings (SSSR count). The molecule has 2 N–H and O–H groups in total. The second-order valence-electron chi connectivity index (χ2n) is 14.2. The smallest absolute Gasteiger partial charge is 0.347 e. The fourth-order valence-corrected chi connectivity index (χ4v) is 8.77. The Labute approximate surface area is 285 Å². The molecule has 0 amide bonds. The Morgan fingerprint density at radius 2 is 1.73 bits per heavy atom. The van der Waals surface area contributed by atoms with E-state index in [9.17, 15) is 24.0 Å². The number of pyridine rings is 1. The number of fused-ring (bicyclic) bond motifs is 4. The lowest BCUT2D eigenvalue weighted by molar-refractivity contribution is -0.273. The van der Waals surface area contributed by atoms with Gasteiger partial charge in [0, 0.05) is 56.1 Å². The molecule has 266 valence electrons. The molecular weight excluding hydrogens is 636 g/mol. The maximum Gasteiger partial charge on any atom is 0.347 e. The fourth-order valence-electron chi connectivity index (χ4n) is 8.77. The molecule has 1 aliphatic heterocycles. The van der Waals surface area contributed by atoms with Gasteiger partial charge in [-0.15, -0.1) is 0 Å². The number of carbonyl (C=O) groups is 4. The van der Waals surface area contributed by atoms with Crippen molar-refractivity contribution >= 4 is 23.9 Å². The molecule has 13 heteroatoms. The van der Waals surface area contributed by atoms with Crippen molar-refractivity contribution in [2.24, 2.45) is 28.4 Å². The Morgan fingerprint density at radius 1 is 1.04 bits per heavy atom. The average molecular weight is 683 g/mol. The molecule has 2 aromatic heterocycles. The Kier molecular flexibility index (Phi) is 9.98. The second-order valence-corrected chi connectivity index (χ2v) is 14.2. The minimum absolute atomic E-state index is 0.000544. The topological polar surface area (TPSA) is 184 Å². The summed E-state index contributed by atoms with van der Waals surface area (Å²) in [5.74, 6) is -3.25. The normalized spacial score (nSPS) is 32.2. The quantitative estimate of drug-likeness (QED) is 0.290. The summed E-state index contributed by atoms with van der Waals surface area (Å²) in [5, 5.41) is 0. The van der Waals surface area contributed by atoms with Crippen molar-refractivity contribution in [3.05, 3.63) is 46.6 Å². The molecule has 2 fully saturated rings. The fraction of sp³-hybridized carbons (Fsp3) is 0.611. The van der Waals surface area contributed by atoms with Crippen LogP contribution in [0.3, 0.4) is 0 Å². The molecule has 0 aromatic carbocycles. The maximum atomic E-state index is 14.0. The second kappa shape index (κ2) is 13.6. The number of esters is 4. The van der Waals surface area contributed by atoms with Crippen LogP contribution in [0.25, 0.3) is 11.3 Å². The summed E-state index contributed by atoms with van der Waals surface area (Å²) >= 11 is 0. The summed E-state index contributed by atoms with van der Waals surface area (Å²) in [4.78, 5) is 69.0. The van der Waals surface area contributed by atoms with E-state index in [0.29, 0.717) is 31.2 Å². The third-order valence-corrected chi connectivity index (χ3v) is 10.9. The van der Waals surface area contributed by atoms with Crippen LogP contribution >= 0.6 is 0 Å². The van der Waals surface area contributed by atoms with E-state index in [4.69, 9.17) is 33.8 Å². The number of hydrogen-bond acceptors (Lipinski definition) is 13. The van der Waals surface area contributed by atoms with Crippen LogP contribution in [0.5, 0.6) is 5.75 Å². The monoisotopic (exact) mass is 682 g/mol. The Morgan fingerprint density at radius 3 is 2.35 bits per heavy atom. The summed E-state index contributed by atoms with van der Waals surface area (Å²) in [6.45, 7) is 11.4. The molecule has 0 spiro atoms. The van der Waals surface area contributed by atoms with Gasteiger partial charge in [0.05, 0.1) is 0 Å². The standard InChI is InChI=1S/C36H46N2O11/c1-8-10-23(37)32(42)48-30-29-25(15-24(47-33(29)43)22-11-9-14-38-17-22)49-36(7)28(46-21(4)41)16-26-34(5,31(30)36)13-12-27(45-20(3)40)35(26,6)18-44-19(2)39/h9,11,14-15,17,23,26-28,30-31H,8,10,12-13,16,18,37H2,1-7H3/t23?,26?,27-,28-,30-,31?,34-,35-,36+/m0/s1. The van der Waals surface area contributed by atoms with E-state index in [1.165, 1.54) is 20.8 Å². The Hall–Kier alpha value is -4.26. The van der Waals surface area contributed by atoms with Gasteiger partial charge in [-0.25, -0.2) is 4.79 Å². The molecule has 49 heavy (non-hydrogen) atoms. The van der Waals surface area contributed by atoms with Gasteiger partial charge in [0.25, 0.3) is 0 Å². The zero-order chi connectivity index (χ0) is 35.9. The molecule has 0 radical (unpaired) electrons. The van der Waals surface area contributed by atoms with Crippen molar-refractivity contribution in [2.75, 3.05) is 6.61 Å². The number of rotatable bonds is 9. The zero-order valence-electron chi connectivity index (χ0n) is 29.1. The first-order valence-electron chi connectivity index (χ1n) is 16.8. The molecule has 3 aliphatic rings. The third-order valence-electron chi connectivity index (χ3n) is 10.9. The highest BCUT2D eigenvalue weighted by Crippen LogP contribution is 2.68. The van der Waals surface area contributed by atoms with E-state index < -0.39 is 82.1 Å². The van der Waals surface area contributed by atoms with E-state index in [-0.39, 0.29) is 30.1 Å². The minimum Gasteiger partial charge on any atom is -0.482 e. The number of nitrogens with two attached hydrogens (primary N) is 1. The minimum atomic E-state index is -1.35. The van der Waals surface area contributed by atoms with Gasteiger partial charge in [-0.3, -0.25) is 24.2 Å². The van der Waals surface area contributed by atoms with Crippen LogP contribution in [0.4, 0.5) is 0 Å². The SMILES string of the molecule is CCCC(N)C(=O)O[C@H]1c2c(cc(-c3cccnc3)oc2=O)O[C@@]2(C)C1[C@@]1(C)CC[C@H](OC(C)=O)[C@@](C)(COC(C)=O)C1C[C@@H]2OC(C)=O. The van der Waals surface area contributed by atoms with Gasteiger partial charge in [0.1, 0.15) is 48.0 Å². The van der Waals surface area contributed by atoms with Gasteiger partial charge >= 0.3 is 29.5 Å². The summed E-state index contributed by atoms with van der Waals surface area (Å²) < 4.78 is 36.4. The van der Waals surface area contributed by atoms with Gasteiger partial charge in [-0.2, -0.15) is 0 Å². The highest BCUT2D eigenvalue weighted by Gasteiger charge is 2.71. The van der Waals surface area contributed by atoms with Crippen LogP contribution in [0.15, 0.2) is 39.8 Å². The van der Waals surface area contributed by atoms with E-state index in [0.717, 1.165) is 0 Å². The lowest BCUT2D eigenvalue weighted by Gasteiger charge is -2.66. The van der Waals surface area contributed by atoms with Crippen LogP contribution in [-0.4, -0.2) is 59.3 Å². The predicted octanol–water partition coefficient (Wildman–Crippen LogP) is 4.43. The molecule has 0 bridgehead atoms. The predicted molar refractivity (Wildman–Crippen MR) is 174 cm³/mol. The van der Waals surface area contributed by atoms with Gasteiger partial charge in [-0.1, -0.05) is 27.2 Å². The summed E-state index contributed by atoms with van der Waals surface area (Å²) in [7, 11) is 0. The van der Waals surface area contributed by atoms with E-state index >= 15 is 0 Å². The number of carbonyl (C=O) groups excluding carboxylic acids is 4. The van der Waals surface area contributed by atoms with Crippen molar-refractivity contribution in [3.8, 4) is 17.1 Å². The van der Waals surface area contributed by atoms with E-state index in [1.54, 1.807) is 37.5 Å². The number of ether oxygens (including phenoxy) is 5. The van der Waals surface area contributed by atoms with Crippen molar-refractivity contribution in [3.63, 3.8) is 0 Å². The molecule has 9 atom stereocenters. The zero-order valence-corrected chi connectivity index (χ0v) is 29.1. The van der Waals surface area contributed by atoms with Crippen molar-refractivity contribution < 1.29 is 47.3 Å². The third kappa shape index (κ3) is 6.56. The van der Waals surface area contributed by atoms with Crippen molar-refractivity contribution in [1.82, 2.24) is 4.98 Å². The molecule has 2 aliphatic carbocycles. The van der Waals surface area contributed by atoms with Crippen molar-refractivity contribution in [1.29, 1.82) is 0 Å². The molecule has 13 nitrogen and oxygen atoms in total. The molecule has 3 heterocycles. The summed E-state index contributed by atoms with van der Waals surface area (Å²) in [6.07, 6.45) is 2.30. The van der Waals surface area contributed by atoms with Gasteiger partial charge in [0.2, 0.25) is 0 Å². The molecule has 2 saturated carbocycles. The van der Waals surface area contributed by atoms with Crippen LogP contribution in [-0.2, 0) is 38.1 Å². The first-order valence-corrected chi connectivity index (χ1v) is 16.8. The maximum absolute atomic E-state index is 14.0. The summed E-state index contributed by atoms with van der Waals surface area (Å²) in [5.41, 5.74) is 2.85. The molecule has 0 saturated heterocycles. The highest BCUT2D eigenvalue weighted by atomic mass is 16.6. The largest absolute Gasteiger partial charge is 0.482 e. The van der Waals surface area contributed by atoms with E-state index in [2.05, 4.69) is 4.98 Å². The number of nitrogens with zero attached hydrogens (tertiary/aromatic N) is 1. The van der Waals surface area contributed by atoms with E-state index in [1.807, 2.05) is 20.8 Å². The first kappa shape index (κ1) is 36.0. The molecule has 2 aromatic rings. The van der Waals surface area contributed by atoms with Gasteiger partial charge in [0.15, 0.2) is 5.60 Å². The van der Waals surface area contributed by atoms with Crippen LogP contribution < -0.4 is 16.1 Å². The lowest BCUT2D eigenvalue weighted by atomic mass is 9.42. The van der Waals surface area contributed by atoms with Gasteiger partial charge in [-0.05, 0) is 56.1 Å². The van der Waals surface area contributed by atoms with Crippen LogP contribution in [0.2, 0.25) is 0 Å². The Bertz CT molecular complexity index is 1660. The van der Waals surface area contributed by atoms with Crippen LogP contribution in [0.1, 0.15) is 92.2 Å². The Balaban J connectivity index is 1.75. The molecule has 3 unspecified atom stereocenters. The first-order chi connectivity index (χ1) is 23.0. The van der Waals surface area contributed by atoms with Gasteiger partial charge < -0.3 is 33.8 Å². The lowest BCUT2D eigenvalue weighted by Crippen LogP contribution is -2.71. The van der Waals surface area contributed by atoms with Crippen LogP contribution in [0, 0.1) is 22.7 Å². The number of hydrogen-bond donors (Lipinski definition) is 1. The number of aromatic nitrogens is 1. The van der Waals surface area contributed by atoms with Crippen molar-refractivity contribution in [2.45, 2.75) is 111 Å². The highest BCUT2D eigenvalue weighted by molar-refractivity contribution is 5.76. The molecular formula is C36H46N2O11. The average Bonchev–Trinajstić information content (AvgIpc) is 3.02.